The zero-order valence-corrected chi connectivity index (χ0v) is 14.0. The minimum atomic E-state index is -4.02. The molecule has 2 aromatic carbocycles. The summed E-state index contributed by atoms with van der Waals surface area (Å²) >= 11 is 0. The Morgan fingerprint density at radius 1 is 1.16 bits per heavy atom. The number of hydrogen-bond donors (Lipinski definition) is 5. The highest BCUT2D eigenvalue weighted by atomic mass is 32.2. The number of benzene rings is 2. The molecule has 0 amide bonds. The average molecular weight is 368 g/mol. The first-order chi connectivity index (χ1) is 11.7. The minimum Gasteiger partial charge on any atom is -0.288 e. The second-order valence-electron chi connectivity index (χ2n) is 4.70. The van der Waals surface area contributed by atoms with Gasteiger partial charge in [0, 0.05) is 0 Å². The Morgan fingerprint density at radius 2 is 1.72 bits per heavy atom. The first-order valence-electron chi connectivity index (χ1n) is 6.80. The van der Waals surface area contributed by atoms with E-state index in [0.717, 1.165) is 5.56 Å². The Balaban J connectivity index is 0.000000257. The van der Waals surface area contributed by atoms with E-state index in [4.69, 9.17) is 15.2 Å². The van der Waals surface area contributed by atoms with Crippen molar-refractivity contribution >= 4 is 22.3 Å². The predicted molar refractivity (Wildman–Crippen MR) is 90.8 cm³/mol. The maximum absolute atomic E-state index is 12.5. The van der Waals surface area contributed by atoms with Crippen LogP contribution in [0.2, 0.25) is 0 Å². The molecule has 134 valence electrons. The number of guanidine groups is 1. The van der Waals surface area contributed by atoms with Gasteiger partial charge < -0.3 is 0 Å². The van der Waals surface area contributed by atoms with Gasteiger partial charge in [-0.05, 0) is 36.8 Å². The Hall–Kier alpha value is -2.82. The molecule has 0 aliphatic rings. The lowest BCUT2D eigenvalue weighted by Crippen LogP contribution is -2.30. The van der Waals surface area contributed by atoms with E-state index in [-0.39, 0.29) is 16.7 Å². The van der Waals surface area contributed by atoms with E-state index in [9.17, 15) is 12.8 Å². The van der Waals surface area contributed by atoms with E-state index >= 15 is 0 Å². The Kier molecular flexibility index (Phi) is 7.66. The van der Waals surface area contributed by atoms with Gasteiger partial charge in [-0.2, -0.15) is 13.5 Å². The molecule has 0 radical (unpaired) electrons. The molecular formula is C15H17FN4O4S. The maximum atomic E-state index is 12.5. The highest BCUT2D eigenvalue weighted by Crippen LogP contribution is 2.08. The topological polar surface area (TPSA) is 135 Å². The van der Waals surface area contributed by atoms with E-state index in [0.29, 0.717) is 5.56 Å². The molecule has 25 heavy (non-hydrogen) atoms. The van der Waals surface area contributed by atoms with Crippen LogP contribution in [0.3, 0.4) is 0 Å². The molecule has 0 saturated carbocycles. The molecule has 0 aromatic heterocycles. The first-order valence-corrected chi connectivity index (χ1v) is 8.24. The van der Waals surface area contributed by atoms with Crippen molar-refractivity contribution in [3.8, 4) is 0 Å². The van der Waals surface area contributed by atoms with Crippen molar-refractivity contribution in [3.63, 3.8) is 0 Å². The zero-order valence-electron chi connectivity index (χ0n) is 13.1. The van der Waals surface area contributed by atoms with Gasteiger partial charge in [-0.1, -0.05) is 29.8 Å². The van der Waals surface area contributed by atoms with Crippen LogP contribution in [0.15, 0.2) is 58.5 Å². The van der Waals surface area contributed by atoms with Crippen molar-refractivity contribution in [2.24, 2.45) is 5.10 Å². The third-order valence-corrected chi connectivity index (χ3v) is 3.56. The number of hydroxylamine groups is 1. The summed E-state index contributed by atoms with van der Waals surface area (Å²) in [6, 6.07) is 11.7. The molecule has 8 nitrogen and oxygen atoms in total. The van der Waals surface area contributed by atoms with Gasteiger partial charge in [0.1, 0.15) is 5.82 Å². The fourth-order valence-electron chi connectivity index (χ4n) is 1.46. The van der Waals surface area contributed by atoms with Crippen molar-refractivity contribution in [1.29, 1.82) is 5.41 Å². The lowest BCUT2D eigenvalue weighted by atomic mass is 10.2. The highest BCUT2D eigenvalue weighted by molar-refractivity contribution is 7.85. The molecule has 0 bridgehead atoms. The maximum Gasteiger partial charge on any atom is 0.294 e. The molecule has 0 heterocycles. The van der Waals surface area contributed by atoms with Gasteiger partial charge in [0.2, 0.25) is 5.96 Å². The zero-order chi connectivity index (χ0) is 18.9. The van der Waals surface area contributed by atoms with Crippen molar-refractivity contribution < 1.29 is 22.6 Å². The van der Waals surface area contributed by atoms with Crippen molar-refractivity contribution in [1.82, 2.24) is 10.9 Å². The van der Waals surface area contributed by atoms with Crippen LogP contribution in [0, 0.1) is 18.2 Å². The molecule has 0 atom stereocenters. The van der Waals surface area contributed by atoms with Crippen LogP contribution in [-0.2, 0) is 10.1 Å². The van der Waals surface area contributed by atoms with E-state index in [1.807, 2.05) is 6.92 Å². The monoisotopic (exact) mass is 368 g/mol. The number of nitrogens with zero attached hydrogens (tertiary/aromatic N) is 1. The number of halogens is 1. The van der Waals surface area contributed by atoms with Crippen LogP contribution in [0.1, 0.15) is 11.1 Å². The van der Waals surface area contributed by atoms with Gasteiger partial charge in [-0.15, -0.1) is 0 Å². The molecule has 2 aromatic rings. The van der Waals surface area contributed by atoms with Crippen LogP contribution in [0.4, 0.5) is 4.39 Å². The molecule has 5 N–H and O–H groups in total. The standard InChI is InChI=1S/C8H9FN4O.C7H8O3S/c9-7-3-1-6(2-4-7)5-11-12-8(10)13-14;1-6-2-4-7(5-3-6)11(8,9)10/h1-5,14H,(H3,10,12,13);2-5H,1H3,(H,8,9,10). The third-order valence-electron chi connectivity index (χ3n) is 2.69. The summed E-state index contributed by atoms with van der Waals surface area (Å²) < 4.78 is 42.0. The molecule has 0 aliphatic carbocycles. The van der Waals surface area contributed by atoms with Crippen LogP contribution >= 0.6 is 0 Å². The van der Waals surface area contributed by atoms with Gasteiger partial charge in [-0.3, -0.25) is 15.2 Å². The summed E-state index contributed by atoms with van der Waals surface area (Å²) in [5, 5.41) is 18.7. The van der Waals surface area contributed by atoms with Gasteiger partial charge in [0.25, 0.3) is 10.1 Å². The smallest absolute Gasteiger partial charge is 0.288 e. The summed E-state index contributed by atoms with van der Waals surface area (Å²) in [6.07, 6.45) is 1.39. The van der Waals surface area contributed by atoms with Crippen molar-refractivity contribution in [2.75, 3.05) is 0 Å². The normalized spacial score (nSPS) is 10.7. The van der Waals surface area contributed by atoms with Crippen LogP contribution in [-0.4, -0.2) is 30.4 Å². The molecule has 0 spiro atoms. The number of aryl methyl sites for hydroxylation is 1. The number of hydrogen-bond acceptors (Lipinski definition) is 5. The van der Waals surface area contributed by atoms with Gasteiger partial charge >= 0.3 is 0 Å². The first kappa shape index (κ1) is 20.2. The van der Waals surface area contributed by atoms with E-state index in [2.05, 4.69) is 10.5 Å². The van der Waals surface area contributed by atoms with Crippen LogP contribution in [0.5, 0.6) is 0 Å². The Morgan fingerprint density at radius 3 is 2.20 bits per heavy atom. The Labute approximate surface area is 144 Å². The second kappa shape index (κ2) is 9.47. The highest BCUT2D eigenvalue weighted by Gasteiger charge is 2.06. The largest absolute Gasteiger partial charge is 0.294 e. The quantitative estimate of drug-likeness (QED) is 0.243. The van der Waals surface area contributed by atoms with Crippen LogP contribution in [0.25, 0.3) is 0 Å². The lowest BCUT2D eigenvalue weighted by molar-refractivity contribution is 0.228. The summed E-state index contributed by atoms with van der Waals surface area (Å²) in [5.74, 6) is -0.664. The predicted octanol–water partition coefficient (Wildman–Crippen LogP) is 1.90. The lowest BCUT2D eigenvalue weighted by Gasteiger charge is -1.98. The van der Waals surface area contributed by atoms with E-state index in [1.165, 1.54) is 42.6 Å². The average Bonchev–Trinajstić information content (AvgIpc) is 2.56. The number of rotatable bonds is 3. The fraction of sp³-hybridized carbons (Fsp3) is 0.0667. The molecule has 0 unspecified atom stereocenters. The van der Waals surface area contributed by atoms with Gasteiger partial charge in [0.05, 0.1) is 11.1 Å². The summed E-state index contributed by atoms with van der Waals surface area (Å²) in [4.78, 5) is -0.0666. The molecule has 0 aliphatic heterocycles. The summed E-state index contributed by atoms with van der Waals surface area (Å²) in [5.41, 5.74) is 5.39. The number of nitrogens with one attached hydrogen (secondary N) is 3. The van der Waals surface area contributed by atoms with E-state index in [1.54, 1.807) is 17.6 Å². The molecule has 0 saturated heterocycles. The SMILES string of the molecule is Cc1ccc(S(=O)(=O)O)cc1.N=C(NO)NN=Cc1ccc(F)cc1. The minimum absolute atomic E-state index is 0.0666. The van der Waals surface area contributed by atoms with Crippen molar-refractivity contribution in [3.05, 3.63) is 65.5 Å². The second-order valence-corrected chi connectivity index (χ2v) is 6.12. The van der Waals surface area contributed by atoms with E-state index < -0.39 is 10.1 Å². The Bertz CT molecular complexity index is 822. The van der Waals surface area contributed by atoms with Crippen LogP contribution < -0.4 is 10.9 Å². The van der Waals surface area contributed by atoms with Gasteiger partial charge in [-0.25, -0.2) is 15.3 Å². The molecular weight excluding hydrogens is 351 g/mol. The fourth-order valence-corrected chi connectivity index (χ4v) is 1.94. The molecule has 10 heteroatoms. The third kappa shape index (κ3) is 8.01. The van der Waals surface area contributed by atoms with Crippen molar-refractivity contribution in [2.45, 2.75) is 11.8 Å². The molecule has 0 fully saturated rings. The molecule has 2 rings (SSSR count). The summed E-state index contributed by atoms with van der Waals surface area (Å²) in [6.45, 7) is 1.84. The number of hydrazone groups is 1. The summed E-state index contributed by atoms with van der Waals surface area (Å²) in [7, 11) is -4.02. The van der Waals surface area contributed by atoms with Gasteiger partial charge in [0.15, 0.2) is 0 Å².